The van der Waals surface area contributed by atoms with Gasteiger partial charge < -0.3 is 10.1 Å². The van der Waals surface area contributed by atoms with Gasteiger partial charge in [-0.3, -0.25) is 4.79 Å². The molecule has 0 aliphatic heterocycles. The number of para-hydroxylation sites is 1. The quantitative estimate of drug-likeness (QED) is 0.646. The van der Waals surface area contributed by atoms with Crippen LogP contribution in [0.15, 0.2) is 78.9 Å². The van der Waals surface area contributed by atoms with Gasteiger partial charge in [-0.1, -0.05) is 48.0 Å². The Kier molecular flexibility index (Phi) is 6.11. The molecule has 6 heteroatoms. The van der Waals surface area contributed by atoms with Gasteiger partial charge in [0.1, 0.15) is 17.3 Å². The number of rotatable bonds is 7. The highest BCUT2D eigenvalue weighted by molar-refractivity contribution is 7.91. The second-order valence-electron chi connectivity index (χ2n) is 6.51. The van der Waals surface area contributed by atoms with Gasteiger partial charge in [0.05, 0.1) is 5.75 Å². The molecule has 5 nitrogen and oxygen atoms in total. The average Bonchev–Trinajstić information content (AvgIpc) is 2.64. The zero-order chi connectivity index (χ0) is 20.0. The summed E-state index contributed by atoms with van der Waals surface area (Å²) in [6.45, 7) is 1.94. The van der Waals surface area contributed by atoms with Crippen molar-refractivity contribution in [3.8, 4) is 11.5 Å². The minimum Gasteiger partial charge on any atom is -0.457 e. The van der Waals surface area contributed by atoms with Crippen LogP contribution in [0.2, 0.25) is 0 Å². The Bertz CT molecular complexity index is 1050. The number of benzene rings is 3. The molecule has 28 heavy (non-hydrogen) atoms. The SMILES string of the molecule is Cc1ccc(NC(=O)CS(=O)(=O)Cc2cccc(Oc3ccccc3)c2)cc1. The summed E-state index contributed by atoms with van der Waals surface area (Å²) >= 11 is 0. The van der Waals surface area contributed by atoms with Gasteiger partial charge in [0.25, 0.3) is 0 Å². The van der Waals surface area contributed by atoms with Crippen molar-refractivity contribution in [1.29, 1.82) is 0 Å². The van der Waals surface area contributed by atoms with Crippen LogP contribution in [0, 0.1) is 6.92 Å². The highest BCUT2D eigenvalue weighted by Gasteiger charge is 2.18. The third-order valence-corrected chi connectivity index (χ3v) is 5.43. The van der Waals surface area contributed by atoms with Gasteiger partial charge in [0.15, 0.2) is 9.84 Å². The second-order valence-corrected chi connectivity index (χ2v) is 8.57. The van der Waals surface area contributed by atoms with Crippen molar-refractivity contribution < 1.29 is 17.9 Å². The summed E-state index contributed by atoms with van der Waals surface area (Å²) in [6.07, 6.45) is 0. The molecule has 0 fully saturated rings. The van der Waals surface area contributed by atoms with Gasteiger partial charge in [0, 0.05) is 5.69 Å². The molecule has 0 saturated heterocycles. The zero-order valence-corrected chi connectivity index (χ0v) is 16.3. The number of anilines is 1. The molecule has 0 heterocycles. The molecular formula is C22H21NO4S. The maximum atomic E-state index is 12.4. The van der Waals surface area contributed by atoms with Crippen molar-refractivity contribution >= 4 is 21.4 Å². The standard InChI is InChI=1S/C22H21NO4S/c1-17-10-12-19(13-11-17)23-22(24)16-28(25,26)15-18-6-5-9-21(14-18)27-20-7-3-2-4-8-20/h2-14H,15-16H2,1H3,(H,23,24). The van der Waals surface area contributed by atoms with E-state index < -0.39 is 21.5 Å². The fourth-order valence-electron chi connectivity index (χ4n) is 2.66. The van der Waals surface area contributed by atoms with E-state index in [0.29, 0.717) is 22.7 Å². The maximum absolute atomic E-state index is 12.4. The Labute approximate surface area is 164 Å². The molecular weight excluding hydrogens is 374 g/mol. The summed E-state index contributed by atoms with van der Waals surface area (Å²) in [5, 5.41) is 2.61. The number of carbonyl (C=O) groups is 1. The van der Waals surface area contributed by atoms with Crippen LogP contribution < -0.4 is 10.1 Å². The highest BCUT2D eigenvalue weighted by atomic mass is 32.2. The molecule has 1 amide bonds. The van der Waals surface area contributed by atoms with E-state index in [1.807, 2.05) is 49.4 Å². The molecule has 0 unspecified atom stereocenters. The normalized spacial score (nSPS) is 11.0. The Morgan fingerprint density at radius 1 is 0.893 bits per heavy atom. The first-order valence-corrected chi connectivity index (χ1v) is 10.6. The number of hydrogen-bond donors (Lipinski definition) is 1. The Hall–Kier alpha value is -3.12. The van der Waals surface area contributed by atoms with Crippen LogP contribution in [0.1, 0.15) is 11.1 Å². The molecule has 0 atom stereocenters. The lowest BCUT2D eigenvalue weighted by molar-refractivity contribution is -0.113. The number of carbonyl (C=O) groups excluding carboxylic acids is 1. The van der Waals surface area contributed by atoms with Crippen molar-refractivity contribution in [2.75, 3.05) is 11.1 Å². The molecule has 0 radical (unpaired) electrons. The molecule has 3 aromatic rings. The first kappa shape index (κ1) is 19.6. The van der Waals surface area contributed by atoms with Crippen LogP contribution in [0.5, 0.6) is 11.5 Å². The van der Waals surface area contributed by atoms with Gasteiger partial charge in [0.2, 0.25) is 5.91 Å². The minimum absolute atomic E-state index is 0.236. The van der Waals surface area contributed by atoms with Crippen molar-refractivity contribution in [3.63, 3.8) is 0 Å². The van der Waals surface area contributed by atoms with E-state index in [1.54, 1.807) is 36.4 Å². The predicted molar refractivity (Wildman–Crippen MR) is 110 cm³/mol. The summed E-state index contributed by atoms with van der Waals surface area (Å²) in [5.74, 6) is -0.158. The van der Waals surface area contributed by atoms with Gasteiger partial charge in [-0.25, -0.2) is 8.42 Å². The van der Waals surface area contributed by atoms with Crippen molar-refractivity contribution in [3.05, 3.63) is 90.0 Å². The van der Waals surface area contributed by atoms with Crippen LogP contribution in [-0.4, -0.2) is 20.1 Å². The lowest BCUT2D eigenvalue weighted by atomic mass is 10.2. The lowest BCUT2D eigenvalue weighted by Crippen LogP contribution is -2.23. The highest BCUT2D eigenvalue weighted by Crippen LogP contribution is 2.22. The minimum atomic E-state index is -3.62. The number of hydrogen-bond acceptors (Lipinski definition) is 4. The first-order valence-electron chi connectivity index (χ1n) is 8.78. The van der Waals surface area contributed by atoms with E-state index in [0.717, 1.165) is 5.56 Å². The smallest absolute Gasteiger partial charge is 0.239 e. The molecule has 3 aromatic carbocycles. The summed E-state index contributed by atoms with van der Waals surface area (Å²) in [6, 6.07) is 23.3. The van der Waals surface area contributed by atoms with Crippen LogP contribution in [0.4, 0.5) is 5.69 Å². The van der Waals surface area contributed by atoms with Crippen LogP contribution in [-0.2, 0) is 20.4 Å². The van der Waals surface area contributed by atoms with Crippen molar-refractivity contribution in [2.45, 2.75) is 12.7 Å². The van der Waals surface area contributed by atoms with Crippen LogP contribution in [0.25, 0.3) is 0 Å². The predicted octanol–water partition coefficient (Wildman–Crippen LogP) is 4.34. The monoisotopic (exact) mass is 395 g/mol. The van der Waals surface area contributed by atoms with Crippen LogP contribution >= 0.6 is 0 Å². The van der Waals surface area contributed by atoms with Crippen LogP contribution in [0.3, 0.4) is 0 Å². The molecule has 0 aliphatic rings. The molecule has 0 saturated carbocycles. The molecule has 3 rings (SSSR count). The van der Waals surface area contributed by atoms with E-state index >= 15 is 0 Å². The lowest BCUT2D eigenvalue weighted by Gasteiger charge is -2.09. The van der Waals surface area contributed by atoms with Gasteiger partial charge in [-0.15, -0.1) is 0 Å². The van der Waals surface area contributed by atoms with Gasteiger partial charge in [-0.2, -0.15) is 0 Å². The number of sulfone groups is 1. The van der Waals surface area contributed by atoms with Crippen molar-refractivity contribution in [2.24, 2.45) is 0 Å². The molecule has 0 spiro atoms. The van der Waals surface area contributed by atoms with Gasteiger partial charge >= 0.3 is 0 Å². The van der Waals surface area contributed by atoms with E-state index in [1.165, 1.54) is 0 Å². The largest absolute Gasteiger partial charge is 0.457 e. The third kappa shape index (κ3) is 5.96. The fourth-order valence-corrected chi connectivity index (χ4v) is 3.92. The fraction of sp³-hybridized carbons (Fsp3) is 0.136. The Balaban J connectivity index is 1.62. The van der Waals surface area contributed by atoms with Gasteiger partial charge in [-0.05, 0) is 48.9 Å². The van der Waals surface area contributed by atoms with E-state index in [9.17, 15) is 13.2 Å². The molecule has 1 N–H and O–H groups in total. The van der Waals surface area contributed by atoms with E-state index in [2.05, 4.69) is 5.32 Å². The summed E-state index contributed by atoms with van der Waals surface area (Å²) < 4.78 is 30.6. The first-order chi connectivity index (χ1) is 13.4. The van der Waals surface area contributed by atoms with E-state index in [4.69, 9.17) is 4.74 Å². The summed E-state index contributed by atoms with van der Waals surface area (Å²) in [4.78, 5) is 12.1. The molecule has 144 valence electrons. The van der Waals surface area contributed by atoms with Crippen molar-refractivity contribution in [1.82, 2.24) is 0 Å². The molecule has 0 aliphatic carbocycles. The maximum Gasteiger partial charge on any atom is 0.239 e. The number of ether oxygens (including phenoxy) is 1. The average molecular weight is 395 g/mol. The number of aryl methyl sites for hydroxylation is 1. The molecule has 0 bridgehead atoms. The topological polar surface area (TPSA) is 72.5 Å². The Morgan fingerprint density at radius 2 is 1.57 bits per heavy atom. The Morgan fingerprint density at radius 3 is 2.29 bits per heavy atom. The second kappa shape index (κ2) is 8.71. The third-order valence-electron chi connectivity index (χ3n) is 3.95. The number of amides is 1. The van der Waals surface area contributed by atoms with E-state index in [-0.39, 0.29) is 5.75 Å². The molecule has 0 aromatic heterocycles. The summed E-state index contributed by atoms with van der Waals surface area (Å²) in [7, 11) is -3.62. The summed E-state index contributed by atoms with van der Waals surface area (Å²) in [5.41, 5.74) is 2.20. The number of nitrogens with one attached hydrogen (secondary N) is 1. The zero-order valence-electron chi connectivity index (χ0n) is 15.5.